The predicted octanol–water partition coefficient (Wildman–Crippen LogP) is 2.42. The molecule has 0 spiro atoms. The second-order valence-electron chi connectivity index (χ2n) is 4.22. The van der Waals surface area contributed by atoms with Crippen LogP contribution >= 0.6 is 27.5 Å². The molecule has 0 saturated carbocycles. The van der Waals surface area contributed by atoms with Crippen molar-refractivity contribution in [2.24, 2.45) is 0 Å². The van der Waals surface area contributed by atoms with Gasteiger partial charge in [0.25, 0.3) is 0 Å². The van der Waals surface area contributed by atoms with Gasteiger partial charge in [-0.1, -0.05) is 11.6 Å². The Morgan fingerprint density at radius 2 is 2.16 bits per heavy atom. The molecule has 2 aromatic heterocycles. The quantitative estimate of drug-likeness (QED) is 0.929. The summed E-state index contributed by atoms with van der Waals surface area (Å²) in [7, 11) is 0. The molecule has 0 aromatic carbocycles. The van der Waals surface area contributed by atoms with Gasteiger partial charge in [-0.05, 0) is 29.8 Å². The van der Waals surface area contributed by atoms with E-state index in [2.05, 4.69) is 21.0 Å². The molecular weight excluding hydrogens is 332 g/mol. The lowest BCUT2D eigenvalue weighted by molar-refractivity contribution is 0.596. The number of rotatable bonds is 3. The van der Waals surface area contributed by atoms with E-state index in [9.17, 15) is 4.79 Å². The summed E-state index contributed by atoms with van der Waals surface area (Å²) in [4.78, 5) is 11.5. The Balaban J connectivity index is 2.44. The minimum atomic E-state index is -0.206. The van der Waals surface area contributed by atoms with Crippen molar-refractivity contribution >= 4 is 33.2 Å². The SMILES string of the molecule is CCn1nc(C)c(Cl)c1Cn1cc(N)c(=O)c(Br)c1. The first-order valence-corrected chi connectivity index (χ1v) is 6.98. The van der Waals surface area contributed by atoms with Gasteiger partial charge < -0.3 is 10.3 Å². The van der Waals surface area contributed by atoms with Crippen molar-refractivity contribution in [3.63, 3.8) is 0 Å². The summed E-state index contributed by atoms with van der Waals surface area (Å²) in [5.41, 5.74) is 7.36. The van der Waals surface area contributed by atoms with Crippen LogP contribution in [-0.2, 0) is 13.1 Å². The van der Waals surface area contributed by atoms with E-state index in [4.69, 9.17) is 17.3 Å². The maximum absolute atomic E-state index is 11.5. The second kappa shape index (κ2) is 5.38. The van der Waals surface area contributed by atoms with Gasteiger partial charge in [-0.2, -0.15) is 5.10 Å². The molecule has 102 valence electrons. The highest BCUT2D eigenvalue weighted by Crippen LogP contribution is 2.21. The summed E-state index contributed by atoms with van der Waals surface area (Å²) >= 11 is 9.45. The van der Waals surface area contributed by atoms with Crippen LogP contribution in [-0.4, -0.2) is 14.3 Å². The molecule has 0 aliphatic carbocycles. The van der Waals surface area contributed by atoms with Crippen molar-refractivity contribution in [1.29, 1.82) is 0 Å². The zero-order valence-corrected chi connectivity index (χ0v) is 13.0. The average Bonchev–Trinajstić information content (AvgIpc) is 2.63. The molecule has 0 fully saturated rings. The predicted molar refractivity (Wildman–Crippen MR) is 79.6 cm³/mol. The van der Waals surface area contributed by atoms with E-state index in [0.717, 1.165) is 17.9 Å². The van der Waals surface area contributed by atoms with E-state index >= 15 is 0 Å². The van der Waals surface area contributed by atoms with Crippen LogP contribution in [0.3, 0.4) is 0 Å². The molecule has 0 bridgehead atoms. The minimum Gasteiger partial charge on any atom is -0.394 e. The lowest BCUT2D eigenvalue weighted by Gasteiger charge is -2.10. The third kappa shape index (κ3) is 2.69. The summed E-state index contributed by atoms with van der Waals surface area (Å²) < 4.78 is 4.10. The molecule has 2 rings (SSSR count). The fourth-order valence-corrected chi connectivity index (χ4v) is 2.59. The lowest BCUT2D eigenvalue weighted by Crippen LogP contribution is -2.15. The summed E-state index contributed by atoms with van der Waals surface area (Å²) in [6.07, 6.45) is 3.29. The Kier molecular flexibility index (Phi) is 4.01. The van der Waals surface area contributed by atoms with Crippen molar-refractivity contribution in [3.05, 3.63) is 43.5 Å². The summed E-state index contributed by atoms with van der Waals surface area (Å²) in [5, 5.41) is 5.00. The third-order valence-electron chi connectivity index (χ3n) is 2.85. The Morgan fingerprint density at radius 3 is 2.74 bits per heavy atom. The standard InChI is InChI=1S/C12H14BrClN4O/c1-3-18-10(11(14)7(2)16-18)6-17-4-8(13)12(19)9(15)5-17/h4-5H,3,6,15H2,1-2H3. The molecule has 19 heavy (non-hydrogen) atoms. The van der Waals surface area contributed by atoms with Crippen LogP contribution in [0.1, 0.15) is 18.3 Å². The van der Waals surface area contributed by atoms with Gasteiger partial charge in [-0.25, -0.2) is 0 Å². The minimum absolute atomic E-state index is 0.199. The smallest absolute Gasteiger partial charge is 0.218 e. The highest BCUT2D eigenvalue weighted by Gasteiger charge is 2.13. The van der Waals surface area contributed by atoms with Crippen LogP contribution in [0, 0.1) is 6.92 Å². The van der Waals surface area contributed by atoms with Crippen LogP contribution in [0.15, 0.2) is 21.7 Å². The fourth-order valence-electron chi connectivity index (χ4n) is 1.90. The molecule has 0 amide bonds. The first kappa shape index (κ1) is 14.1. The second-order valence-corrected chi connectivity index (χ2v) is 5.46. The van der Waals surface area contributed by atoms with Gasteiger partial charge in [0.15, 0.2) is 0 Å². The molecule has 2 heterocycles. The number of hydrogen-bond acceptors (Lipinski definition) is 3. The van der Waals surface area contributed by atoms with Gasteiger partial charge in [0.2, 0.25) is 5.43 Å². The van der Waals surface area contributed by atoms with Crippen molar-refractivity contribution in [2.75, 3.05) is 5.73 Å². The maximum atomic E-state index is 11.5. The summed E-state index contributed by atoms with van der Waals surface area (Å²) in [5.74, 6) is 0. The number of hydrogen-bond donors (Lipinski definition) is 1. The lowest BCUT2D eigenvalue weighted by atomic mass is 10.3. The Labute approximate surface area is 124 Å². The fraction of sp³-hybridized carbons (Fsp3) is 0.333. The Bertz CT molecular complexity index is 651. The zero-order chi connectivity index (χ0) is 14.2. The maximum Gasteiger partial charge on any atom is 0.218 e. The number of aryl methyl sites for hydroxylation is 2. The van der Waals surface area contributed by atoms with Gasteiger partial charge in [0.05, 0.1) is 33.1 Å². The van der Waals surface area contributed by atoms with Crippen molar-refractivity contribution in [3.8, 4) is 0 Å². The number of halogens is 2. The highest BCUT2D eigenvalue weighted by atomic mass is 79.9. The molecule has 0 aliphatic rings. The average molecular weight is 346 g/mol. The van der Waals surface area contributed by atoms with Gasteiger partial charge in [-0.3, -0.25) is 9.48 Å². The van der Waals surface area contributed by atoms with E-state index in [1.165, 1.54) is 0 Å². The number of nitrogens with two attached hydrogens (primary N) is 1. The molecule has 2 N–H and O–H groups in total. The molecule has 0 radical (unpaired) electrons. The van der Waals surface area contributed by atoms with Gasteiger partial charge in [-0.15, -0.1) is 0 Å². The van der Waals surface area contributed by atoms with Crippen LogP contribution in [0.2, 0.25) is 5.02 Å². The molecule has 0 saturated heterocycles. The number of pyridine rings is 1. The number of nitrogen functional groups attached to an aromatic ring is 1. The van der Waals surface area contributed by atoms with E-state index < -0.39 is 0 Å². The zero-order valence-electron chi connectivity index (χ0n) is 10.7. The van der Waals surface area contributed by atoms with E-state index in [1.807, 2.05) is 23.1 Å². The molecule has 7 heteroatoms. The molecule has 0 aliphatic heterocycles. The molecular formula is C12H14BrClN4O. The van der Waals surface area contributed by atoms with Crippen LogP contribution in [0.25, 0.3) is 0 Å². The monoisotopic (exact) mass is 344 g/mol. The summed E-state index contributed by atoms with van der Waals surface area (Å²) in [6.45, 7) is 5.12. The van der Waals surface area contributed by atoms with Crippen LogP contribution < -0.4 is 11.2 Å². The number of anilines is 1. The molecule has 0 unspecified atom stereocenters. The number of nitrogens with zero attached hydrogens (tertiary/aromatic N) is 3. The van der Waals surface area contributed by atoms with E-state index in [-0.39, 0.29) is 11.1 Å². The number of aromatic nitrogens is 3. The van der Waals surface area contributed by atoms with Gasteiger partial charge >= 0.3 is 0 Å². The molecule has 2 aromatic rings. The van der Waals surface area contributed by atoms with Gasteiger partial charge in [0.1, 0.15) is 0 Å². The Morgan fingerprint density at radius 1 is 1.47 bits per heavy atom. The van der Waals surface area contributed by atoms with Crippen molar-refractivity contribution < 1.29 is 0 Å². The normalized spacial score (nSPS) is 10.9. The summed E-state index contributed by atoms with van der Waals surface area (Å²) in [6, 6.07) is 0. The van der Waals surface area contributed by atoms with E-state index in [0.29, 0.717) is 16.0 Å². The topological polar surface area (TPSA) is 65.8 Å². The van der Waals surface area contributed by atoms with Crippen LogP contribution in [0.5, 0.6) is 0 Å². The molecule has 0 atom stereocenters. The first-order chi connectivity index (χ1) is 8.93. The third-order valence-corrected chi connectivity index (χ3v) is 3.90. The molecule has 5 nitrogen and oxygen atoms in total. The van der Waals surface area contributed by atoms with E-state index in [1.54, 1.807) is 12.4 Å². The van der Waals surface area contributed by atoms with Crippen LogP contribution in [0.4, 0.5) is 5.69 Å². The largest absolute Gasteiger partial charge is 0.394 e. The van der Waals surface area contributed by atoms with Crippen molar-refractivity contribution in [1.82, 2.24) is 14.3 Å². The Hall–Kier alpha value is -1.27. The first-order valence-electron chi connectivity index (χ1n) is 5.80. The highest BCUT2D eigenvalue weighted by molar-refractivity contribution is 9.10. The van der Waals surface area contributed by atoms with Gasteiger partial charge in [0, 0.05) is 18.9 Å². The van der Waals surface area contributed by atoms with Crippen molar-refractivity contribution in [2.45, 2.75) is 26.9 Å².